The van der Waals surface area contributed by atoms with Gasteiger partial charge in [0.25, 0.3) is 5.91 Å². The molecule has 0 aliphatic heterocycles. The molecule has 0 bridgehead atoms. The normalized spacial score (nSPS) is 11.7. The number of aryl methyl sites for hydroxylation is 1. The highest BCUT2D eigenvalue weighted by molar-refractivity contribution is 7.91. The minimum atomic E-state index is -3.08. The van der Waals surface area contributed by atoms with Gasteiger partial charge < -0.3 is 11.1 Å². The van der Waals surface area contributed by atoms with Gasteiger partial charge in [-0.15, -0.1) is 11.3 Å². The van der Waals surface area contributed by atoms with E-state index < -0.39 is 9.84 Å². The molecule has 2 rings (SSSR count). The predicted molar refractivity (Wildman–Crippen MR) is 87.6 cm³/mol. The summed E-state index contributed by atoms with van der Waals surface area (Å²) in [6.45, 7) is 3.65. The third-order valence-corrected chi connectivity index (χ3v) is 6.12. The second-order valence-electron chi connectivity index (χ2n) is 4.84. The molecule has 1 aromatic heterocycles. The number of nitrogens with two attached hydrogens (primary N) is 1. The Morgan fingerprint density at radius 2 is 2.10 bits per heavy atom. The minimum absolute atomic E-state index is 0.0564. The molecule has 3 N–H and O–H groups in total. The molecule has 5 nitrogen and oxygen atoms in total. The molecule has 1 aromatic carbocycles. The third-order valence-electron chi connectivity index (χ3n) is 3.23. The highest BCUT2D eigenvalue weighted by Gasteiger charge is 2.17. The molecule has 7 heteroatoms. The number of nitrogens with one attached hydrogen (secondary N) is 1. The maximum absolute atomic E-state index is 12.1. The van der Waals surface area contributed by atoms with Crippen molar-refractivity contribution >= 4 is 42.9 Å². The number of rotatable bonds is 5. The van der Waals surface area contributed by atoms with Gasteiger partial charge in [0.1, 0.15) is 4.88 Å². The van der Waals surface area contributed by atoms with Crippen molar-refractivity contribution in [2.45, 2.75) is 13.8 Å². The lowest BCUT2D eigenvalue weighted by molar-refractivity contribution is 0.0961. The minimum Gasteiger partial charge on any atom is -0.397 e. The molecule has 0 saturated heterocycles. The van der Waals surface area contributed by atoms with E-state index in [-0.39, 0.29) is 24.0 Å². The average Bonchev–Trinajstić information content (AvgIpc) is 2.76. The van der Waals surface area contributed by atoms with Crippen molar-refractivity contribution in [3.63, 3.8) is 0 Å². The maximum Gasteiger partial charge on any atom is 0.263 e. The highest BCUT2D eigenvalue weighted by Crippen LogP contribution is 2.34. The number of hydrogen-bond acceptors (Lipinski definition) is 5. The Morgan fingerprint density at radius 1 is 1.38 bits per heavy atom. The van der Waals surface area contributed by atoms with Crippen LogP contribution in [0.2, 0.25) is 0 Å². The fourth-order valence-corrected chi connectivity index (χ4v) is 3.67. The van der Waals surface area contributed by atoms with Crippen molar-refractivity contribution in [1.29, 1.82) is 0 Å². The van der Waals surface area contributed by atoms with Crippen LogP contribution < -0.4 is 11.1 Å². The van der Waals surface area contributed by atoms with Crippen LogP contribution in [-0.4, -0.2) is 32.4 Å². The lowest BCUT2D eigenvalue weighted by Gasteiger charge is -2.04. The van der Waals surface area contributed by atoms with Crippen LogP contribution >= 0.6 is 11.3 Å². The van der Waals surface area contributed by atoms with Crippen LogP contribution in [0.25, 0.3) is 10.1 Å². The zero-order valence-electron chi connectivity index (χ0n) is 12.0. The van der Waals surface area contributed by atoms with Crippen LogP contribution in [0.5, 0.6) is 0 Å². The summed E-state index contributed by atoms with van der Waals surface area (Å²) in [5.41, 5.74) is 7.55. The number of fused-ring (bicyclic) bond motifs is 1. The highest BCUT2D eigenvalue weighted by atomic mass is 32.2. The summed E-state index contributed by atoms with van der Waals surface area (Å²) in [7, 11) is -3.08. The molecule has 0 aliphatic rings. The summed E-state index contributed by atoms with van der Waals surface area (Å²) in [4.78, 5) is 12.6. The van der Waals surface area contributed by atoms with Crippen LogP contribution in [0.3, 0.4) is 0 Å². The van der Waals surface area contributed by atoms with E-state index in [1.165, 1.54) is 11.3 Å². The molecule has 0 radical (unpaired) electrons. The largest absolute Gasteiger partial charge is 0.397 e. The van der Waals surface area contributed by atoms with Gasteiger partial charge in [-0.25, -0.2) is 8.42 Å². The maximum atomic E-state index is 12.1. The fraction of sp³-hybridized carbons (Fsp3) is 0.357. The number of anilines is 1. The Labute approximate surface area is 128 Å². The molecule has 0 aliphatic carbocycles. The van der Waals surface area contributed by atoms with E-state index in [1.54, 1.807) is 6.92 Å². The first-order chi connectivity index (χ1) is 9.84. The smallest absolute Gasteiger partial charge is 0.263 e. The summed E-state index contributed by atoms with van der Waals surface area (Å²) in [6.07, 6.45) is 0. The lowest BCUT2D eigenvalue weighted by Crippen LogP contribution is -2.29. The SMILES string of the molecule is CCS(=O)(=O)CCNC(=O)c1sc2ccc(C)cc2c1N. The first-order valence-corrected chi connectivity index (χ1v) is 9.25. The second kappa shape index (κ2) is 6.03. The van der Waals surface area contributed by atoms with Gasteiger partial charge in [0.2, 0.25) is 0 Å². The van der Waals surface area contributed by atoms with Gasteiger partial charge >= 0.3 is 0 Å². The number of carbonyl (C=O) groups excluding carboxylic acids is 1. The molecule has 0 unspecified atom stereocenters. The van der Waals surface area contributed by atoms with Crippen molar-refractivity contribution in [2.24, 2.45) is 0 Å². The Bertz CT molecular complexity index is 779. The van der Waals surface area contributed by atoms with E-state index in [9.17, 15) is 13.2 Å². The molecular weight excluding hydrogens is 308 g/mol. The van der Waals surface area contributed by atoms with Crippen molar-refractivity contribution in [3.05, 3.63) is 28.6 Å². The Hall–Kier alpha value is -1.60. The topological polar surface area (TPSA) is 89.3 Å². The zero-order valence-corrected chi connectivity index (χ0v) is 13.6. The Balaban J connectivity index is 2.15. The van der Waals surface area contributed by atoms with E-state index in [0.29, 0.717) is 10.6 Å². The number of sulfone groups is 1. The first kappa shape index (κ1) is 15.8. The number of nitrogen functional groups attached to an aromatic ring is 1. The average molecular weight is 326 g/mol. The van der Waals surface area contributed by atoms with Crippen LogP contribution in [0.4, 0.5) is 5.69 Å². The van der Waals surface area contributed by atoms with Crippen molar-refractivity contribution in [2.75, 3.05) is 23.8 Å². The second-order valence-corrected chi connectivity index (χ2v) is 8.36. The van der Waals surface area contributed by atoms with Gasteiger partial charge in [-0.3, -0.25) is 4.79 Å². The van der Waals surface area contributed by atoms with Crippen molar-refractivity contribution in [1.82, 2.24) is 5.32 Å². The van der Waals surface area contributed by atoms with Crippen LogP contribution in [-0.2, 0) is 9.84 Å². The van der Waals surface area contributed by atoms with Crippen molar-refractivity contribution < 1.29 is 13.2 Å². The summed E-state index contributed by atoms with van der Waals surface area (Å²) in [6, 6.07) is 5.84. The number of benzene rings is 1. The molecule has 0 spiro atoms. The van der Waals surface area contributed by atoms with Gasteiger partial charge in [0.05, 0.1) is 11.4 Å². The standard InChI is InChI=1S/C14H18N2O3S2/c1-3-21(18,19)7-6-16-14(17)13-12(15)10-8-9(2)4-5-11(10)20-13/h4-5,8H,3,6-7,15H2,1-2H3,(H,16,17). The Morgan fingerprint density at radius 3 is 2.76 bits per heavy atom. The summed E-state index contributed by atoms with van der Waals surface area (Å²) in [5, 5.41) is 3.49. The molecule has 114 valence electrons. The summed E-state index contributed by atoms with van der Waals surface area (Å²) >= 11 is 1.32. The van der Waals surface area contributed by atoms with E-state index >= 15 is 0 Å². The molecular formula is C14H18N2O3S2. The molecule has 1 heterocycles. The van der Waals surface area contributed by atoms with Gasteiger partial charge in [-0.05, 0) is 19.1 Å². The van der Waals surface area contributed by atoms with E-state index in [1.807, 2.05) is 25.1 Å². The predicted octanol–water partition coefficient (Wildman–Crippen LogP) is 1.96. The zero-order chi connectivity index (χ0) is 15.6. The molecule has 0 fully saturated rings. The molecule has 21 heavy (non-hydrogen) atoms. The molecule has 2 aromatic rings. The van der Waals surface area contributed by atoms with E-state index in [4.69, 9.17) is 5.73 Å². The van der Waals surface area contributed by atoms with Gasteiger partial charge in [-0.1, -0.05) is 18.6 Å². The number of carbonyl (C=O) groups is 1. The van der Waals surface area contributed by atoms with E-state index in [2.05, 4.69) is 5.32 Å². The first-order valence-electron chi connectivity index (χ1n) is 6.61. The third kappa shape index (κ3) is 3.54. The molecule has 0 saturated carbocycles. The van der Waals surface area contributed by atoms with Crippen LogP contribution in [0.1, 0.15) is 22.2 Å². The summed E-state index contributed by atoms with van der Waals surface area (Å²) < 4.78 is 23.7. The van der Waals surface area contributed by atoms with Gasteiger partial charge in [0.15, 0.2) is 9.84 Å². The van der Waals surface area contributed by atoms with Crippen LogP contribution in [0.15, 0.2) is 18.2 Å². The Kier molecular flexibility index (Phi) is 4.53. The number of amides is 1. The van der Waals surface area contributed by atoms with Crippen molar-refractivity contribution in [3.8, 4) is 0 Å². The quantitative estimate of drug-likeness (QED) is 0.879. The van der Waals surface area contributed by atoms with Crippen LogP contribution in [0, 0.1) is 6.92 Å². The summed E-state index contributed by atoms with van der Waals surface area (Å²) in [5.74, 6) is -0.301. The monoisotopic (exact) mass is 326 g/mol. The van der Waals surface area contributed by atoms with E-state index in [0.717, 1.165) is 15.6 Å². The fourth-order valence-electron chi connectivity index (χ4n) is 1.94. The molecule has 0 atom stereocenters. The van der Waals surface area contributed by atoms with Gasteiger partial charge in [0, 0.05) is 22.4 Å². The van der Waals surface area contributed by atoms with Gasteiger partial charge in [-0.2, -0.15) is 0 Å². The molecule has 1 amide bonds. The lowest BCUT2D eigenvalue weighted by atomic mass is 10.1. The number of thiophene rings is 1. The number of hydrogen-bond donors (Lipinski definition) is 2.